The van der Waals surface area contributed by atoms with Gasteiger partial charge in [0.15, 0.2) is 0 Å². The Morgan fingerprint density at radius 2 is 1.89 bits per heavy atom. The molecule has 1 fully saturated rings. The van der Waals surface area contributed by atoms with E-state index in [4.69, 9.17) is 14.7 Å². The average Bonchev–Trinajstić information content (AvgIpc) is 3.36. The highest BCUT2D eigenvalue weighted by Gasteiger charge is 2.26. The van der Waals surface area contributed by atoms with Gasteiger partial charge < -0.3 is 20.3 Å². The molecule has 0 spiro atoms. The first kappa shape index (κ1) is 25.7. The Morgan fingerprint density at radius 3 is 2.68 bits per heavy atom. The summed E-state index contributed by atoms with van der Waals surface area (Å²) in [5.41, 5.74) is 7.25. The molecule has 1 aliphatic heterocycles. The quantitative estimate of drug-likeness (QED) is 0.424. The molecule has 5 rings (SSSR count). The summed E-state index contributed by atoms with van der Waals surface area (Å²) in [4.78, 5) is 12.4. The van der Waals surface area contributed by atoms with Crippen LogP contribution in [-0.4, -0.2) is 43.3 Å². The second kappa shape index (κ2) is 12.6. The molecule has 0 radical (unpaired) electrons. The molecule has 6 nitrogen and oxygen atoms in total. The summed E-state index contributed by atoms with van der Waals surface area (Å²) < 4.78 is 5.64. The van der Waals surface area contributed by atoms with Crippen molar-refractivity contribution in [1.82, 2.24) is 15.3 Å². The molecule has 6 heteroatoms. The van der Waals surface area contributed by atoms with Crippen LogP contribution in [0.25, 0.3) is 11.6 Å². The van der Waals surface area contributed by atoms with Crippen LogP contribution in [0.2, 0.25) is 0 Å². The number of morpholine rings is 1. The van der Waals surface area contributed by atoms with Crippen molar-refractivity contribution in [3.63, 3.8) is 0 Å². The van der Waals surface area contributed by atoms with Gasteiger partial charge in [0.25, 0.3) is 0 Å². The number of aromatic nitrogens is 2. The molecule has 0 bridgehead atoms. The minimum Gasteiger partial charge on any atom is -0.378 e. The first-order valence-corrected chi connectivity index (χ1v) is 13.6. The van der Waals surface area contributed by atoms with Gasteiger partial charge in [0, 0.05) is 32.1 Å². The highest BCUT2D eigenvalue weighted by molar-refractivity contribution is 5.76. The minimum absolute atomic E-state index is 0.599. The van der Waals surface area contributed by atoms with E-state index in [0.717, 1.165) is 61.7 Å². The summed E-state index contributed by atoms with van der Waals surface area (Å²) in [6, 6.07) is 10.4. The number of hydrogen-bond donors (Lipinski definition) is 2. The summed E-state index contributed by atoms with van der Waals surface area (Å²) in [6.45, 7) is 5.26. The number of nitrogens with zero attached hydrogens (tertiary/aromatic N) is 3. The molecule has 1 aromatic carbocycles. The van der Waals surface area contributed by atoms with E-state index < -0.39 is 0 Å². The zero-order valence-corrected chi connectivity index (χ0v) is 22.4. The fraction of sp³-hybridized carbons (Fsp3) is 0.312. The minimum atomic E-state index is 0.599. The molecule has 2 aliphatic carbocycles. The Balaban J connectivity index is 1.49. The fourth-order valence-corrected chi connectivity index (χ4v) is 5.04. The van der Waals surface area contributed by atoms with E-state index in [9.17, 15) is 0 Å². The topological polar surface area (TPSA) is 62.3 Å². The standard InChI is InChI=1S/C32H37N5O/c1-3-12-26(24-13-10-7-11-14-24)23-30(33-2)35-32-34-29-22-27(25-15-8-5-4-6-9-16-25)21-28(29)31(36-32)37-17-19-38-20-18-37/h4-8,10-15,22-23,33H,3,9,16-21H2,1-2H3,(H,34,35,36)/b6-4-,8-5-,25-15+,26-12+,30-23+. The van der Waals surface area contributed by atoms with Gasteiger partial charge in [-0.1, -0.05) is 73.7 Å². The number of anilines is 2. The van der Waals surface area contributed by atoms with Crippen LogP contribution in [0.1, 0.15) is 43.0 Å². The summed E-state index contributed by atoms with van der Waals surface area (Å²) in [7, 11) is 1.92. The molecular weight excluding hydrogens is 470 g/mol. The van der Waals surface area contributed by atoms with Crippen molar-refractivity contribution in [1.29, 1.82) is 0 Å². The maximum atomic E-state index is 5.64. The van der Waals surface area contributed by atoms with Gasteiger partial charge in [-0.15, -0.1) is 0 Å². The third kappa shape index (κ3) is 6.14. The lowest BCUT2D eigenvalue weighted by Crippen LogP contribution is -2.37. The third-order valence-corrected chi connectivity index (χ3v) is 7.00. The molecule has 2 heterocycles. The van der Waals surface area contributed by atoms with E-state index in [1.807, 2.05) is 13.1 Å². The number of benzene rings is 1. The first-order valence-electron chi connectivity index (χ1n) is 13.6. The van der Waals surface area contributed by atoms with Crippen molar-refractivity contribution < 1.29 is 4.74 Å². The first-order chi connectivity index (χ1) is 18.7. The lowest BCUT2D eigenvalue weighted by Gasteiger charge is -2.29. The zero-order valence-electron chi connectivity index (χ0n) is 22.4. The van der Waals surface area contributed by atoms with Gasteiger partial charge in [0.05, 0.1) is 18.9 Å². The van der Waals surface area contributed by atoms with Gasteiger partial charge >= 0.3 is 0 Å². The maximum absolute atomic E-state index is 5.64. The molecule has 2 N–H and O–H groups in total. The van der Waals surface area contributed by atoms with Crippen molar-refractivity contribution >= 4 is 23.4 Å². The summed E-state index contributed by atoms with van der Waals surface area (Å²) in [6.07, 6.45) is 21.3. The highest BCUT2D eigenvalue weighted by Crippen LogP contribution is 2.36. The molecule has 1 aromatic heterocycles. The Hall–Kier alpha value is -3.90. The largest absolute Gasteiger partial charge is 0.378 e. The highest BCUT2D eigenvalue weighted by atomic mass is 16.5. The number of allylic oxidation sites excluding steroid dienone is 10. The van der Waals surface area contributed by atoms with Crippen LogP contribution in [-0.2, 0) is 11.2 Å². The van der Waals surface area contributed by atoms with Gasteiger partial charge in [0.2, 0.25) is 5.95 Å². The molecule has 1 saturated heterocycles. The van der Waals surface area contributed by atoms with Gasteiger partial charge in [-0.2, -0.15) is 4.98 Å². The Labute approximate surface area is 226 Å². The Morgan fingerprint density at radius 1 is 1.05 bits per heavy atom. The van der Waals surface area contributed by atoms with Crippen molar-refractivity contribution in [2.24, 2.45) is 0 Å². The van der Waals surface area contributed by atoms with E-state index in [1.54, 1.807) is 0 Å². The lowest BCUT2D eigenvalue weighted by atomic mass is 9.97. The zero-order chi connectivity index (χ0) is 26.2. The SMILES string of the molecule is CC/C=C(\C=C(/NC)Nc1nc2c(c(N3CCOCC3)n1)CC(/C1=C/C=C\C=C/CC1)=C2)c1ccccc1. The monoisotopic (exact) mass is 507 g/mol. The van der Waals surface area contributed by atoms with E-state index in [1.165, 1.54) is 22.3 Å². The van der Waals surface area contributed by atoms with Crippen LogP contribution >= 0.6 is 0 Å². The molecule has 38 heavy (non-hydrogen) atoms. The molecule has 0 unspecified atom stereocenters. The lowest BCUT2D eigenvalue weighted by molar-refractivity contribution is 0.122. The van der Waals surface area contributed by atoms with Crippen molar-refractivity contribution in [2.45, 2.75) is 32.6 Å². The maximum Gasteiger partial charge on any atom is 0.230 e. The van der Waals surface area contributed by atoms with Crippen LogP contribution < -0.4 is 15.5 Å². The van der Waals surface area contributed by atoms with E-state index in [2.05, 4.69) is 95.3 Å². The molecule has 0 atom stereocenters. The van der Waals surface area contributed by atoms with Crippen molar-refractivity contribution in [3.8, 4) is 0 Å². The third-order valence-electron chi connectivity index (χ3n) is 7.00. The molecule has 196 valence electrons. The van der Waals surface area contributed by atoms with E-state index in [-0.39, 0.29) is 0 Å². The fourth-order valence-electron chi connectivity index (χ4n) is 5.04. The number of fused-ring (bicyclic) bond motifs is 1. The van der Waals surface area contributed by atoms with Gasteiger partial charge in [-0.3, -0.25) is 0 Å². The van der Waals surface area contributed by atoms with E-state index in [0.29, 0.717) is 19.2 Å². The van der Waals surface area contributed by atoms with Crippen molar-refractivity contribution in [3.05, 3.63) is 107 Å². The Bertz CT molecular complexity index is 1310. The number of rotatable bonds is 8. The van der Waals surface area contributed by atoms with Gasteiger partial charge in [-0.05, 0) is 53.7 Å². The molecule has 0 amide bonds. The summed E-state index contributed by atoms with van der Waals surface area (Å²) in [5.74, 6) is 2.46. The van der Waals surface area contributed by atoms with Gasteiger partial charge in [-0.25, -0.2) is 4.98 Å². The smallest absolute Gasteiger partial charge is 0.230 e. The second-order valence-electron chi connectivity index (χ2n) is 9.59. The van der Waals surface area contributed by atoms with Crippen molar-refractivity contribution in [2.75, 3.05) is 43.6 Å². The second-order valence-corrected chi connectivity index (χ2v) is 9.59. The summed E-state index contributed by atoms with van der Waals surface area (Å²) in [5, 5.41) is 6.78. The van der Waals surface area contributed by atoms with E-state index >= 15 is 0 Å². The predicted molar refractivity (Wildman–Crippen MR) is 158 cm³/mol. The van der Waals surface area contributed by atoms with Crippen LogP contribution in [0.15, 0.2) is 89.8 Å². The Kier molecular flexibility index (Phi) is 8.51. The van der Waals surface area contributed by atoms with Crippen LogP contribution in [0, 0.1) is 0 Å². The number of ether oxygens (including phenoxy) is 1. The molecule has 2 aromatic rings. The number of nitrogens with one attached hydrogen (secondary N) is 2. The normalized spacial score (nSPS) is 20.9. The average molecular weight is 508 g/mol. The number of hydrogen-bond acceptors (Lipinski definition) is 6. The van der Waals surface area contributed by atoms with Crippen LogP contribution in [0.3, 0.4) is 0 Å². The summed E-state index contributed by atoms with van der Waals surface area (Å²) >= 11 is 0. The van der Waals surface area contributed by atoms with Crippen LogP contribution in [0.5, 0.6) is 0 Å². The molecule has 3 aliphatic rings. The molecular formula is C32H37N5O. The van der Waals surface area contributed by atoms with Crippen LogP contribution in [0.4, 0.5) is 11.8 Å². The predicted octanol–water partition coefficient (Wildman–Crippen LogP) is 6.05. The molecule has 0 saturated carbocycles. The van der Waals surface area contributed by atoms with Gasteiger partial charge in [0.1, 0.15) is 11.6 Å².